The van der Waals surface area contributed by atoms with Gasteiger partial charge in [0, 0.05) is 36.6 Å². The minimum atomic E-state index is -0.203. The Morgan fingerprint density at radius 2 is 1.71 bits per heavy atom. The lowest BCUT2D eigenvalue weighted by molar-refractivity contribution is -0.135. The van der Waals surface area contributed by atoms with Gasteiger partial charge in [-0.2, -0.15) is 0 Å². The lowest BCUT2D eigenvalue weighted by Gasteiger charge is -2.35. The quantitative estimate of drug-likeness (QED) is 0.884. The predicted molar refractivity (Wildman–Crippen MR) is 83.1 cm³/mol. The molecule has 0 bridgehead atoms. The van der Waals surface area contributed by atoms with E-state index in [-0.39, 0.29) is 29.0 Å². The second kappa shape index (κ2) is 6.47. The number of phenols is 1. The topological polar surface area (TPSA) is 60.9 Å². The maximum absolute atomic E-state index is 12.4. The fourth-order valence-electron chi connectivity index (χ4n) is 2.34. The molecule has 1 saturated heterocycles. The molecule has 1 N–H and O–H groups in total. The Morgan fingerprint density at radius 3 is 2.29 bits per heavy atom. The summed E-state index contributed by atoms with van der Waals surface area (Å²) in [5.41, 5.74) is 0.285. The van der Waals surface area contributed by atoms with E-state index in [1.165, 1.54) is 6.07 Å². The van der Waals surface area contributed by atoms with E-state index in [1.807, 2.05) is 13.8 Å². The maximum Gasteiger partial charge on any atom is 0.257 e. The van der Waals surface area contributed by atoms with Crippen LogP contribution in [-0.2, 0) is 4.79 Å². The van der Waals surface area contributed by atoms with Crippen LogP contribution in [0.3, 0.4) is 0 Å². The molecule has 1 aliphatic heterocycles. The van der Waals surface area contributed by atoms with Crippen LogP contribution in [0.4, 0.5) is 0 Å². The van der Waals surface area contributed by atoms with Gasteiger partial charge in [-0.1, -0.05) is 29.8 Å². The summed E-state index contributed by atoms with van der Waals surface area (Å²) in [4.78, 5) is 27.8. The van der Waals surface area contributed by atoms with Crippen LogP contribution in [0.1, 0.15) is 24.2 Å². The van der Waals surface area contributed by atoms with Crippen molar-refractivity contribution >= 4 is 27.7 Å². The summed E-state index contributed by atoms with van der Waals surface area (Å²) in [6.45, 7) is 5.81. The van der Waals surface area contributed by atoms with Gasteiger partial charge in [0.15, 0.2) is 0 Å². The summed E-state index contributed by atoms with van der Waals surface area (Å²) >= 11 is 3.30. The van der Waals surface area contributed by atoms with Crippen molar-refractivity contribution in [3.05, 3.63) is 28.2 Å². The third-order valence-electron chi connectivity index (χ3n) is 3.56. The number of phenolic OH excluding ortho intramolecular Hbond substituents is 1. The number of carbonyl (C=O) groups is 2. The number of rotatable bonds is 2. The maximum atomic E-state index is 12.4. The fourth-order valence-corrected chi connectivity index (χ4v) is 2.71. The van der Waals surface area contributed by atoms with E-state index in [4.69, 9.17) is 0 Å². The number of halogens is 1. The van der Waals surface area contributed by atoms with Crippen molar-refractivity contribution in [2.24, 2.45) is 5.92 Å². The first-order valence-electron chi connectivity index (χ1n) is 6.96. The Morgan fingerprint density at radius 1 is 1.14 bits per heavy atom. The average Bonchev–Trinajstić information content (AvgIpc) is 2.48. The molecule has 1 fully saturated rings. The number of nitrogens with zero attached hydrogens (tertiary/aromatic N) is 2. The molecule has 114 valence electrons. The number of aromatic hydroxyl groups is 1. The monoisotopic (exact) mass is 354 g/mol. The van der Waals surface area contributed by atoms with Gasteiger partial charge in [0.2, 0.25) is 5.91 Å². The van der Waals surface area contributed by atoms with Gasteiger partial charge in [-0.15, -0.1) is 0 Å². The standard InChI is InChI=1S/C15H19BrN2O3/c1-10(2)14(20)17-5-7-18(8-6-17)15(21)12-9-11(16)3-4-13(12)19/h3-4,9-10,19H,5-8H2,1-2H3. The van der Waals surface area contributed by atoms with Gasteiger partial charge in [-0.3, -0.25) is 9.59 Å². The second-order valence-corrected chi connectivity index (χ2v) is 6.35. The van der Waals surface area contributed by atoms with Gasteiger partial charge in [0.05, 0.1) is 5.56 Å². The third kappa shape index (κ3) is 3.56. The van der Waals surface area contributed by atoms with Gasteiger partial charge >= 0.3 is 0 Å². The largest absolute Gasteiger partial charge is 0.507 e. The number of hydrogen-bond donors (Lipinski definition) is 1. The zero-order chi connectivity index (χ0) is 15.6. The zero-order valence-corrected chi connectivity index (χ0v) is 13.8. The Balaban J connectivity index is 2.03. The molecule has 21 heavy (non-hydrogen) atoms. The minimum Gasteiger partial charge on any atom is -0.507 e. The van der Waals surface area contributed by atoms with E-state index in [2.05, 4.69) is 15.9 Å². The average molecular weight is 355 g/mol. The highest BCUT2D eigenvalue weighted by Crippen LogP contribution is 2.23. The van der Waals surface area contributed by atoms with Crippen LogP contribution >= 0.6 is 15.9 Å². The third-order valence-corrected chi connectivity index (χ3v) is 4.05. The van der Waals surface area contributed by atoms with Gasteiger partial charge < -0.3 is 14.9 Å². The summed E-state index contributed by atoms with van der Waals surface area (Å²) in [5, 5.41) is 9.82. The second-order valence-electron chi connectivity index (χ2n) is 5.43. The van der Waals surface area contributed by atoms with Crippen LogP contribution in [0.5, 0.6) is 5.75 Å². The number of benzene rings is 1. The number of carbonyl (C=O) groups excluding carboxylic acids is 2. The Kier molecular flexibility index (Phi) is 4.88. The van der Waals surface area contributed by atoms with Crippen LogP contribution in [0.15, 0.2) is 22.7 Å². The lowest BCUT2D eigenvalue weighted by atomic mass is 10.1. The Labute approximate surface area is 132 Å². The summed E-state index contributed by atoms with van der Waals surface area (Å²) in [6.07, 6.45) is 0. The normalized spacial score (nSPS) is 15.4. The molecule has 5 nitrogen and oxygen atoms in total. The molecule has 0 atom stereocenters. The van der Waals surface area contributed by atoms with Crippen molar-refractivity contribution < 1.29 is 14.7 Å². The highest BCUT2D eigenvalue weighted by atomic mass is 79.9. The van der Waals surface area contributed by atoms with Crippen LogP contribution in [-0.4, -0.2) is 52.9 Å². The molecule has 1 aromatic carbocycles. The Bertz CT molecular complexity index is 552. The number of piperazine rings is 1. The molecule has 1 aliphatic rings. The molecule has 6 heteroatoms. The summed E-state index contributed by atoms with van der Waals surface area (Å²) in [7, 11) is 0. The van der Waals surface area contributed by atoms with Crippen LogP contribution in [0.25, 0.3) is 0 Å². The highest BCUT2D eigenvalue weighted by molar-refractivity contribution is 9.10. The Hall–Kier alpha value is -1.56. The van der Waals surface area contributed by atoms with Gasteiger partial charge in [0.1, 0.15) is 5.75 Å². The molecule has 1 heterocycles. The van der Waals surface area contributed by atoms with E-state index in [1.54, 1.807) is 21.9 Å². The lowest BCUT2D eigenvalue weighted by Crippen LogP contribution is -2.51. The molecule has 0 saturated carbocycles. The summed E-state index contributed by atoms with van der Waals surface area (Å²) in [5.74, 6) is -0.136. The van der Waals surface area contributed by atoms with Crippen molar-refractivity contribution in [1.29, 1.82) is 0 Å². The molecule has 0 aliphatic carbocycles. The smallest absolute Gasteiger partial charge is 0.257 e. The van der Waals surface area contributed by atoms with Crippen molar-refractivity contribution in [2.45, 2.75) is 13.8 Å². The molecule has 0 aromatic heterocycles. The molecule has 0 radical (unpaired) electrons. The fraction of sp³-hybridized carbons (Fsp3) is 0.467. The van der Waals surface area contributed by atoms with Crippen LogP contribution < -0.4 is 0 Å². The highest BCUT2D eigenvalue weighted by Gasteiger charge is 2.27. The van der Waals surface area contributed by atoms with Gasteiger partial charge in [-0.25, -0.2) is 0 Å². The van der Waals surface area contributed by atoms with Crippen LogP contribution in [0.2, 0.25) is 0 Å². The SMILES string of the molecule is CC(C)C(=O)N1CCN(C(=O)c2cc(Br)ccc2O)CC1. The molecule has 2 rings (SSSR count). The van der Waals surface area contributed by atoms with Crippen molar-refractivity contribution in [1.82, 2.24) is 9.80 Å². The summed E-state index contributed by atoms with van der Waals surface area (Å²) < 4.78 is 0.747. The van der Waals surface area contributed by atoms with Gasteiger partial charge in [-0.05, 0) is 18.2 Å². The van der Waals surface area contributed by atoms with E-state index in [9.17, 15) is 14.7 Å². The zero-order valence-electron chi connectivity index (χ0n) is 12.2. The minimum absolute atomic E-state index is 0.0242. The van der Waals surface area contributed by atoms with E-state index < -0.39 is 0 Å². The van der Waals surface area contributed by atoms with Crippen molar-refractivity contribution in [3.8, 4) is 5.75 Å². The molecule has 0 spiro atoms. The van der Waals surface area contributed by atoms with E-state index in [0.29, 0.717) is 26.2 Å². The van der Waals surface area contributed by atoms with Crippen molar-refractivity contribution in [2.75, 3.05) is 26.2 Å². The predicted octanol–water partition coefficient (Wildman–Crippen LogP) is 2.10. The molecule has 1 aromatic rings. The molecular weight excluding hydrogens is 336 g/mol. The van der Waals surface area contributed by atoms with E-state index >= 15 is 0 Å². The summed E-state index contributed by atoms with van der Waals surface area (Å²) in [6, 6.07) is 4.80. The van der Waals surface area contributed by atoms with E-state index in [0.717, 1.165) is 4.47 Å². The van der Waals surface area contributed by atoms with Crippen molar-refractivity contribution in [3.63, 3.8) is 0 Å². The first kappa shape index (κ1) is 15.8. The molecular formula is C15H19BrN2O3. The van der Waals surface area contributed by atoms with Crippen LogP contribution in [0, 0.1) is 5.92 Å². The number of hydrogen-bond acceptors (Lipinski definition) is 3. The first-order valence-corrected chi connectivity index (χ1v) is 7.76. The number of amides is 2. The molecule has 0 unspecified atom stereocenters. The van der Waals surface area contributed by atoms with Gasteiger partial charge in [0.25, 0.3) is 5.91 Å². The first-order chi connectivity index (χ1) is 9.90. The molecule has 2 amide bonds.